The Balaban J connectivity index is 2.13. The molecular weight excluding hydrogens is 332 g/mol. The topological polar surface area (TPSA) is 150 Å². The van der Waals surface area contributed by atoms with E-state index < -0.39 is 28.5 Å². The Labute approximate surface area is 130 Å². The van der Waals surface area contributed by atoms with E-state index in [1.807, 2.05) is 0 Å². The molecule has 0 aromatic carbocycles. The van der Waals surface area contributed by atoms with Crippen LogP contribution in [0.3, 0.4) is 0 Å². The van der Waals surface area contributed by atoms with Gasteiger partial charge in [-0.3, -0.25) is 9.23 Å². The van der Waals surface area contributed by atoms with Gasteiger partial charge in [0.15, 0.2) is 5.84 Å². The molecule has 1 saturated heterocycles. The average Bonchev–Trinajstić information content (AvgIpc) is 2.97. The molecule has 2 aliphatic heterocycles. The van der Waals surface area contributed by atoms with Crippen LogP contribution in [0.4, 0.5) is 4.79 Å². The van der Waals surface area contributed by atoms with Crippen LogP contribution in [0.15, 0.2) is 11.4 Å². The molecule has 2 bridgehead atoms. The number of likely N-dealkylation sites (N-methyl/N-ethyl adjacent to an activating group) is 1. The lowest BCUT2D eigenvalue weighted by Gasteiger charge is -2.31. The summed E-state index contributed by atoms with van der Waals surface area (Å²) in [6, 6.07) is -2.35. The number of hydrogen-bond acceptors (Lipinski definition) is 7. The molecule has 1 aromatic rings. The van der Waals surface area contributed by atoms with Crippen LogP contribution in [-0.4, -0.2) is 63.4 Å². The second-order valence-electron chi connectivity index (χ2n) is 5.03. The van der Waals surface area contributed by atoms with Gasteiger partial charge in [-0.15, -0.1) is 4.28 Å². The van der Waals surface area contributed by atoms with Gasteiger partial charge < -0.3 is 15.4 Å². The minimum absolute atomic E-state index is 0.0790. The fraction of sp³-hybridized carbons (Fsp3) is 0.500. The number of aromatic nitrogens is 2. The van der Waals surface area contributed by atoms with E-state index >= 15 is 0 Å². The minimum atomic E-state index is -4.87. The van der Waals surface area contributed by atoms with Crippen LogP contribution in [-0.2, 0) is 21.7 Å². The number of urea groups is 1. The van der Waals surface area contributed by atoms with Gasteiger partial charge >= 0.3 is 16.4 Å². The van der Waals surface area contributed by atoms with Crippen LogP contribution in [0.5, 0.6) is 0 Å². The standard InChI is InChI=1S/C10H14N6O6S/c1-11-9(13-18)8-7-5(3-12-14(7)2)6-4-15(8)10(17)16(6)22-23(19,20)21/h3,6,8,18H,4H2,1-2H3,(H,11,13)(H,19,20,21)/t6-,8-/m0/s1. The Bertz CT molecular complexity index is 788. The van der Waals surface area contributed by atoms with Crippen molar-refractivity contribution in [3.63, 3.8) is 0 Å². The third-order valence-electron chi connectivity index (χ3n) is 3.83. The fourth-order valence-corrected chi connectivity index (χ4v) is 3.32. The van der Waals surface area contributed by atoms with Crippen molar-refractivity contribution in [3.05, 3.63) is 17.5 Å². The van der Waals surface area contributed by atoms with E-state index in [0.29, 0.717) is 16.3 Å². The summed E-state index contributed by atoms with van der Waals surface area (Å²) < 4.78 is 36.7. The molecule has 0 radical (unpaired) electrons. The molecule has 3 N–H and O–H groups in total. The number of carbonyl (C=O) groups excluding carboxylic acids is 1. The second-order valence-corrected chi connectivity index (χ2v) is 6.03. The maximum absolute atomic E-state index is 12.4. The maximum atomic E-state index is 12.4. The number of rotatable bonds is 3. The summed E-state index contributed by atoms with van der Waals surface area (Å²) in [5.41, 5.74) is 1.07. The van der Waals surface area contributed by atoms with E-state index in [-0.39, 0.29) is 12.4 Å². The Morgan fingerprint density at radius 2 is 2.26 bits per heavy atom. The zero-order chi connectivity index (χ0) is 16.9. The highest BCUT2D eigenvalue weighted by molar-refractivity contribution is 7.80. The predicted molar refractivity (Wildman–Crippen MR) is 73.5 cm³/mol. The summed E-state index contributed by atoms with van der Waals surface area (Å²) in [7, 11) is -1.71. The number of carbonyl (C=O) groups is 1. The lowest BCUT2D eigenvalue weighted by atomic mass is 9.97. The van der Waals surface area contributed by atoms with Gasteiger partial charge in [-0.05, 0) is 0 Å². The van der Waals surface area contributed by atoms with Crippen molar-refractivity contribution >= 4 is 22.3 Å². The van der Waals surface area contributed by atoms with Crippen LogP contribution < -0.4 is 5.32 Å². The van der Waals surface area contributed by atoms with Crippen molar-refractivity contribution in [3.8, 4) is 0 Å². The van der Waals surface area contributed by atoms with E-state index in [0.717, 1.165) is 0 Å². The molecule has 2 atom stereocenters. The van der Waals surface area contributed by atoms with Crippen LogP contribution in [0.25, 0.3) is 0 Å². The van der Waals surface area contributed by atoms with E-state index in [4.69, 9.17) is 4.55 Å². The zero-order valence-electron chi connectivity index (χ0n) is 12.1. The van der Waals surface area contributed by atoms with Gasteiger partial charge in [0.1, 0.15) is 12.1 Å². The van der Waals surface area contributed by atoms with Crippen molar-refractivity contribution in [2.75, 3.05) is 13.6 Å². The molecule has 13 heteroatoms. The van der Waals surface area contributed by atoms with Crippen molar-refractivity contribution in [1.29, 1.82) is 0 Å². The van der Waals surface area contributed by atoms with E-state index in [2.05, 4.69) is 19.9 Å². The lowest BCUT2D eigenvalue weighted by molar-refractivity contribution is -0.0316. The van der Waals surface area contributed by atoms with E-state index in [1.54, 1.807) is 7.05 Å². The molecular formula is C10H14N6O6S. The lowest BCUT2D eigenvalue weighted by Crippen LogP contribution is -2.43. The summed E-state index contributed by atoms with van der Waals surface area (Å²) in [6.45, 7) is 0.0818. The van der Waals surface area contributed by atoms with Gasteiger partial charge in [-0.1, -0.05) is 5.16 Å². The van der Waals surface area contributed by atoms with Crippen molar-refractivity contribution < 1.29 is 27.3 Å². The normalized spacial score (nSPS) is 24.1. The predicted octanol–water partition coefficient (Wildman–Crippen LogP) is -1.00. The molecule has 1 fully saturated rings. The number of amides is 2. The Hall–Kier alpha value is -2.38. The van der Waals surface area contributed by atoms with Crippen LogP contribution in [0.1, 0.15) is 23.3 Å². The SMILES string of the molecule is CN/C(=N\O)[C@@H]1c2c(cnn2C)[C@@H]2CN1C(=O)N2OS(=O)(=O)O. The second kappa shape index (κ2) is 5.07. The van der Waals surface area contributed by atoms with Gasteiger partial charge in [0, 0.05) is 19.7 Å². The van der Waals surface area contributed by atoms with Gasteiger partial charge in [-0.2, -0.15) is 18.6 Å². The molecule has 12 nitrogen and oxygen atoms in total. The highest BCUT2D eigenvalue weighted by Gasteiger charge is 2.53. The molecule has 0 aliphatic carbocycles. The van der Waals surface area contributed by atoms with E-state index in [1.165, 1.54) is 22.8 Å². The van der Waals surface area contributed by atoms with Crippen LogP contribution in [0.2, 0.25) is 0 Å². The summed E-state index contributed by atoms with van der Waals surface area (Å²) in [5, 5.41) is 19.7. The number of fused-ring (bicyclic) bond motifs is 4. The third kappa shape index (κ3) is 2.29. The average molecular weight is 346 g/mol. The Morgan fingerprint density at radius 1 is 1.57 bits per heavy atom. The number of hydroxylamine groups is 2. The number of oxime groups is 1. The summed E-state index contributed by atoms with van der Waals surface area (Å²) >= 11 is 0. The molecule has 0 saturated carbocycles. The smallest absolute Gasteiger partial charge is 0.409 e. The first kappa shape index (κ1) is 15.5. The first-order valence-corrected chi connectivity index (χ1v) is 7.83. The monoisotopic (exact) mass is 346 g/mol. The molecule has 3 rings (SSSR count). The van der Waals surface area contributed by atoms with E-state index in [9.17, 15) is 18.4 Å². The van der Waals surface area contributed by atoms with Crippen molar-refractivity contribution in [1.82, 2.24) is 25.1 Å². The van der Waals surface area contributed by atoms with Gasteiger partial charge in [0.05, 0.1) is 18.4 Å². The molecule has 3 heterocycles. The van der Waals surface area contributed by atoms with Gasteiger partial charge in [-0.25, -0.2) is 4.79 Å². The molecule has 0 unspecified atom stereocenters. The summed E-state index contributed by atoms with van der Waals surface area (Å²) in [6.07, 6.45) is 1.47. The largest absolute Gasteiger partial charge is 0.418 e. The third-order valence-corrected chi connectivity index (χ3v) is 4.18. The highest BCUT2D eigenvalue weighted by Crippen LogP contribution is 2.44. The molecule has 0 spiro atoms. The molecule has 2 amide bonds. The van der Waals surface area contributed by atoms with Gasteiger partial charge in [0.2, 0.25) is 0 Å². The molecule has 2 aliphatic rings. The quantitative estimate of drug-likeness (QED) is 0.207. The molecule has 23 heavy (non-hydrogen) atoms. The van der Waals surface area contributed by atoms with Crippen LogP contribution >= 0.6 is 0 Å². The number of aryl methyl sites for hydroxylation is 1. The van der Waals surface area contributed by atoms with Crippen LogP contribution in [0, 0.1) is 0 Å². The number of nitrogens with one attached hydrogen (secondary N) is 1. The number of nitrogens with zero attached hydrogens (tertiary/aromatic N) is 5. The minimum Gasteiger partial charge on any atom is -0.409 e. The zero-order valence-corrected chi connectivity index (χ0v) is 12.9. The first-order valence-electron chi connectivity index (χ1n) is 6.46. The maximum Gasteiger partial charge on any atom is 0.418 e. The van der Waals surface area contributed by atoms with Crippen molar-refractivity contribution in [2.45, 2.75) is 12.1 Å². The van der Waals surface area contributed by atoms with Gasteiger partial charge in [0.25, 0.3) is 0 Å². The highest BCUT2D eigenvalue weighted by atomic mass is 32.3. The summed E-state index contributed by atoms with van der Waals surface area (Å²) in [4.78, 5) is 13.7. The fourth-order valence-electron chi connectivity index (χ4n) is 2.95. The Morgan fingerprint density at radius 3 is 2.83 bits per heavy atom. The number of hydrogen-bond donors (Lipinski definition) is 3. The molecule has 1 aromatic heterocycles. The first-order chi connectivity index (χ1) is 10.8. The molecule has 126 valence electrons. The number of amidine groups is 1. The Kier molecular flexibility index (Phi) is 3.42. The van der Waals surface area contributed by atoms with Crippen molar-refractivity contribution in [2.24, 2.45) is 12.2 Å². The summed E-state index contributed by atoms with van der Waals surface area (Å²) in [5.74, 6) is 0.0790.